The SMILES string of the molecule is CC(C)n1c(C2NCC3CCCC32)nc2cccc(Cl)c21. The highest BCUT2D eigenvalue weighted by atomic mass is 35.5. The molecular formula is C17H22ClN3. The van der Waals surface area contributed by atoms with Crippen molar-refractivity contribution >= 4 is 22.6 Å². The van der Waals surface area contributed by atoms with Crippen LogP contribution < -0.4 is 5.32 Å². The summed E-state index contributed by atoms with van der Waals surface area (Å²) in [6.07, 6.45) is 4.07. The maximum atomic E-state index is 6.46. The highest BCUT2D eigenvalue weighted by molar-refractivity contribution is 6.35. The lowest BCUT2D eigenvalue weighted by molar-refractivity contribution is 0.391. The summed E-state index contributed by atoms with van der Waals surface area (Å²) >= 11 is 6.46. The monoisotopic (exact) mass is 303 g/mol. The molecule has 1 aromatic carbocycles. The van der Waals surface area contributed by atoms with Crippen LogP contribution in [0.25, 0.3) is 11.0 Å². The second-order valence-electron chi connectivity index (χ2n) is 6.78. The number of hydrogen-bond donors (Lipinski definition) is 1. The number of imidazole rings is 1. The highest BCUT2D eigenvalue weighted by Gasteiger charge is 2.42. The number of nitrogens with zero attached hydrogens (tertiary/aromatic N) is 2. The lowest BCUT2D eigenvalue weighted by Gasteiger charge is -2.22. The number of para-hydroxylation sites is 1. The molecule has 0 radical (unpaired) electrons. The molecule has 0 amide bonds. The fourth-order valence-electron chi connectivity index (χ4n) is 4.34. The Hall–Kier alpha value is -1.06. The Morgan fingerprint density at radius 1 is 1.33 bits per heavy atom. The zero-order valence-electron chi connectivity index (χ0n) is 12.6. The highest BCUT2D eigenvalue weighted by Crippen LogP contribution is 2.45. The zero-order chi connectivity index (χ0) is 14.6. The van der Waals surface area contributed by atoms with Gasteiger partial charge in [0.05, 0.1) is 22.1 Å². The van der Waals surface area contributed by atoms with Gasteiger partial charge in [-0.25, -0.2) is 4.98 Å². The number of fused-ring (bicyclic) bond motifs is 2. The molecular weight excluding hydrogens is 282 g/mol. The summed E-state index contributed by atoms with van der Waals surface area (Å²) in [5, 5.41) is 4.53. The second kappa shape index (κ2) is 4.99. The summed E-state index contributed by atoms with van der Waals surface area (Å²) < 4.78 is 2.34. The molecule has 3 atom stereocenters. The van der Waals surface area contributed by atoms with E-state index in [-0.39, 0.29) is 0 Å². The van der Waals surface area contributed by atoms with E-state index in [9.17, 15) is 0 Å². The summed E-state index contributed by atoms with van der Waals surface area (Å²) in [6, 6.07) is 6.79. The van der Waals surface area contributed by atoms with Crippen LogP contribution in [0.3, 0.4) is 0 Å². The molecule has 4 rings (SSSR count). The molecule has 0 bridgehead atoms. The van der Waals surface area contributed by atoms with E-state index in [0.29, 0.717) is 12.1 Å². The van der Waals surface area contributed by atoms with Crippen LogP contribution in [-0.2, 0) is 0 Å². The minimum Gasteiger partial charge on any atom is -0.323 e. The molecule has 1 aliphatic carbocycles. The van der Waals surface area contributed by atoms with Gasteiger partial charge in [0, 0.05) is 6.04 Å². The van der Waals surface area contributed by atoms with E-state index in [0.717, 1.165) is 34.4 Å². The molecule has 2 fully saturated rings. The van der Waals surface area contributed by atoms with E-state index >= 15 is 0 Å². The van der Waals surface area contributed by atoms with E-state index in [4.69, 9.17) is 16.6 Å². The van der Waals surface area contributed by atoms with Gasteiger partial charge in [-0.3, -0.25) is 0 Å². The van der Waals surface area contributed by atoms with Crippen molar-refractivity contribution in [3.63, 3.8) is 0 Å². The quantitative estimate of drug-likeness (QED) is 0.895. The van der Waals surface area contributed by atoms with Crippen molar-refractivity contribution in [3.05, 3.63) is 29.0 Å². The average Bonchev–Trinajstić information content (AvgIpc) is 3.10. The fraction of sp³-hybridized carbons (Fsp3) is 0.588. The number of nitrogens with one attached hydrogen (secondary N) is 1. The van der Waals surface area contributed by atoms with Gasteiger partial charge in [0.15, 0.2) is 0 Å². The predicted molar refractivity (Wildman–Crippen MR) is 86.7 cm³/mol. The number of hydrogen-bond acceptors (Lipinski definition) is 2. The first-order valence-electron chi connectivity index (χ1n) is 8.06. The van der Waals surface area contributed by atoms with E-state index in [2.05, 4.69) is 29.8 Å². The molecule has 1 aromatic heterocycles. The minimum atomic E-state index is 0.368. The van der Waals surface area contributed by atoms with Crippen LogP contribution >= 0.6 is 11.6 Å². The van der Waals surface area contributed by atoms with E-state index in [1.165, 1.54) is 25.1 Å². The average molecular weight is 304 g/mol. The first kappa shape index (κ1) is 13.6. The van der Waals surface area contributed by atoms with Crippen LogP contribution in [0.1, 0.15) is 51.0 Å². The first-order valence-corrected chi connectivity index (χ1v) is 8.44. The van der Waals surface area contributed by atoms with Crippen LogP contribution in [0.15, 0.2) is 18.2 Å². The molecule has 21 heavy (non-hydrogen) atoms. The van der Waals surface area contributed by atoms with E-state index in [1.54, 1.807) is 0 Å². The third kappa shape index (κ3) is 2.01. The molecule has 2 aliphatic rings. The van der Waals surface area contributed by atoms with Gasteiger partial charge in [0.2, 0.25) is 0 Å². The molecule has 1 N–H and O–H groups in total. The molecule has 4 heteroatoms. The molecule has 112 valence electrons. The lowest BCUT2D eigenvalue weighted by Crippen LogP contribution is -2.23. The summed E-state index contributed by atoms with van der Waals surface area (Å²) in [6.45, 7) is 5.58. The topological polar surface area (TPSA) is 29.9 Å². The molecule has 0 spiro atoms. The predicted octanol–water partition coefficient (Wildman–Crippen LogP) is 4.33. The summed E-state index contributed by atoms with van der Waals surface area (Å²) in [5.41, 5.74) is 2.11. The minimum absolute atomic E-state index is 0.368. The Bertz CT molecular complexity index is 676. The van der Waals surface area contributed by atoms with Crippen molar-refractivity contribution in [2.24, 2.45) is 11.8 Å². The van der Waals surface area contributed by atoms with Crippen LogP contribution in [0, 0.1) is 11.8 Å². The van der Waals surface area contributed by atoms with Crippen molar-refractivity contribution in [2.45, 2.75) is 45.2 Å². The second-order valence-corrected chi connectivity index (χ2v) is 7.19. The Morgan fingerprint density at radius 2 is 2.19 bits per heavy atom. The molecule has 1 saturated heterocycles. The Labute approximate surface area is 130 Å². The maximum absolute atomic E-state index is 6.46. The van der Waals surface area contributed by atoms with Crippen molar-refractivity contribution in [3.8, 4) is 0 Å². The van der Waals surface area contributed by atoms with Gasteiger partial charge in [-0.2, -0.15) is 0 Å². The number of aromatic nitrogens is 2. The van der Waals surface area contributed by atoms with Crippen molar-refractivity contribution in [2.75, 3.05) is 6.54 Å². The lowest BCUT2D eigenvalue weighted by atomic mass is 9.93. The smallest absolute Gasteiger partial charge is 0.127 e. The van der Waals surface area contributed by atoms with Crippen LogP contribution in [-0.4, -0.2) is 16.1 Å². The van der Waals surface area contributed by atoms with Gasteiger partial charge < -0.3 is 9.88 Å². The number of rotatable bonds is 2. The molecule has 3 nitrogen and oxygen atoms in total. The standard InChI is InChI=1S/C17H22ClN3/c1-10(2)21-16-13(18)7-4-8-14(16)20-17(21)15-12-6-3-5-11(12)9-19-15/h4,7-8,10-12,15,19H,3,5-6,9H2,1-2H3. The van der Waals surface area contributed by atoms with Crippen LogP contribution in [0.2, 0.25) is 5.02 Å². The molecule has 2 aromatic rings. The zero-order valence-corrected chi connectivity index (χ0v) is 13.4. The molecule has 1 aliphatic heterocycles. The third-order valence-corrected chi connectivity index (χ3v) is 5.53. The summed E-state index contributed by atoms with van der Waals surface area (Å²) in [5.74, 6) is 2.77. The van der Waals surface area contributed by atoms with E-state index in [1.807, 2.05) is 12.1 Å². The first-order chi connectivity index (χ1) is 10.2. The van der Waals surface area contributed by atoms with Gasteiger partial charge in [-0.15, -0.1) is 0 Å². The van der Waals surface area contributed by atoms with Crippen molar-refractivity contribution < 1.29 is 0 Å². The van der Waals surface area contributed by atoms with Crippen molar-refractivity contribution in [1.29, 1.82) is 0 Å². The van der Waals surface area contributed by atoms with E-state index < -0.39 is 0 Å². The Balaban J connectivity index is 1.88. The fourth-order valence-corrected chi connectivity index (χ4v) is 4.60. The van der Waals surface area contributed by atoms with Gasteiger partial charge in [0.1, 0.15) is 5.82 Å². The van der Waals surface area contributed by atoms with Gasteiger partial charge >= 0.3 is 0 Å². The molecule has 1 saturated carbocycles. The largest absolute Gasteiger partial charge is 0.323 e. The van der Waals surface area contributed by atoms with Crippen molar-refractivity contribution in [1.82, 2.24) is 14.9 Å². The third-order valence-electron chi connectivity index (χ3n) is 5.23. The number of halogens is 1. The van der Waals surface area contributed by atoms with Crippen LogP contribution in [0.5, 0.6) is 0 Å². The summed E-state index contributed by atoms with van der Waals surface area (Å²) in [4.78, 5) is 4.95. The van der Waals surface area contributed by atoms with Crippen LogP contribution in [0.4, 0.5) is 0 Å². The Kier molecular flexibility index (Phi) is 3.23. The van der Waals surface area contributed by atoms with Gasteiger partial charge in [-0.05, 0) is 57.2 Å². The normalized spacial score (nSPS) is 28.7. The Morgan fingerprint density at radius 3 is 3.00 bits per heavy atom. The van der Waals surface area contributed by atoms with Gasteiger partial charge in [-0.1, -0.05) is 24.1 Å². The number of benzene rings is 1. The summed E-state index contributed by atoms with van der Waals surface area (Å²) in [7, 11) is 0. The molecule has 2 heterocycles. The van der Waals surface area contributed by atoms with Gasteiger partial charge in [0.25, 0.3) is 0 Å². The maximum Gasteiger partial charge on any atom is 0.127 e. The molecule has 3 unspecified atom stereocenters.